The zero-order valence-corrected chi connectivity index (χ0v) is 12.0. The normalized spacial score (nSPS) is 21.1. The molecule has 1 aliphatic rings. The van der Waals surface area contributed by atoms with Gasteiger partial charge in [-0.05, 0) is 50.4 Å². The van der Waals surface area contributed by atoms with E-state index in [0.717, 1.165) is 44.8 Å². The summed E-state index contributed by atoms with van der Waals surface area (Å²) in [7, 11) is 0. The molecule has 3 heteroatoms. The Labute approximate surface area is 116 Å². The summed E-state index contributed by atoms with van der Waals surface area (Å²) < 4.78 is 11.4. The monoisotopic (exact) mass is 263 g/mol. The van der Waals surface area contributed by atoms with Crippen LogP contribution in [0, 0.1) is 0 Å². The SMILES string of the molecule is CCCNC(C)c1ccc(OC2CCCOC2)cc1. The zero-order chi connectivity index (χ0) is 13.5. The Bertz CT molecular complexity index is 358. The molecule has 0 aliphatic carbocycles. The summed E-state index contributed by atoms with van der Waals surface area (Å²) in [5.41, 5.74) is 1.31. The summed E-state index contributed by atoms with van der Waals surface area (Å²) in [5.74, 6) is 0.946. The van der Waals surface area contributed by atoms with E-state index in [-0.39, 0.29) is 6.10 Å². The van der Waals surface area contributed by atoms with Crippen molar-refractivity contribution in [1.82, 2.24) is 5.32 Å². The average molecular weight is 263 g/mol. The molecule has 0 saturated carbocycles. The van der Waals surface area contributed by atoms with E-state index in [1.54, 1.807) is 0 Å². The standard InChI is InChI=1S/C16H25NO2/c1-3-10-17-13(2)14-6-8-15(9-7-14)19-16-5-4-11-18-12-16/h6-9,13,16-17H,3-5,10-12H2,1-2H3. The highest BCUT2D eigenvalue weighted by Crippen LogP contribution is 2.20. The molecule has 1 heterocycles. The van der Waals surface area contributed by atoms with Crippen LogP contribution in [0.25, 0.3) is 0 Å². The van der Waals surface area contributed by atoms with E-state index in [1.807, 2.05) is 0 Å². The molecular formula is C16H25NO2. The summed E-state index contributed by atoms with van der Waals surface area (Å²) in [4.78, 5) is 0. The van der Waals surface area contributed by atoms with Gasteiger partial charge in [0.1, 0.15) is 11.9 Å². The second kappa shape index (κ2) is 7.51. The minimum Gasteiger partial charge on any atom is -0.488 e. The molecule has 1 N–H and O–H groups in total. The van der Waals surface area contributed by atoms with Crippen LogP contribution in [0.15, 0.2) is 24.3 Å². The van der Waals surface area contributed by atoms with E-state index in [4.69, 9.17) is 9.47 Å². The van der Waals surface area contributed by atoms with Crippen molar-refractivity contribution in [2.75, 3.05) is 19.8 Å². The van der Waals surface area contributed by atoms with Crippen molar-refractivity contribution < 1.29 is 9.47 Å². The number of hydrogen-bond donors (Lipinski definition) is 1. The number of rotatable bonds is 6. The van der Waals surface area contributed by atoms with Crippen LogP contribution in [0.2, 0.25) is 0 Å². The lowest BCUT2D eigenvalue weighted by Gasteiger charge is -2.23. The van der Waals surface area contributed by atoms with Crippen LogP contribution < -0.4 is 10.1 Å². The molecule has 0 amide bonds. The maximum absolute atomic E-state index is 5.93. The Morgan fingerprint density at radius 3 is 2.79 bits per heavy atom. The largest absolute Gasteiger partial charge is 0.488 e. The summed E-state index contributed by atoms with van der Waals surface area (Å²) in [6, 6.07) is 8.81. The van der Waals surface area contributed by atoms with Gasteiger partial charge in [0.2, 0.25) is 0 Å². The number of hydrogen-bond acceptors (Lipinski definition) is 3. The van der Waals surface area contributed by atoms with Gasteiger partial charge in [0, 0.05) is 12.6 Å². The van der Waals surface area contributed by atoms with Crippen LogP contribution in [0.3, 0.4) is 0 Å². The fourth-order valence-electron chi connectivity index (χ4n) is 2.31. The van der Waals surface area contributed by atoms with Crippen LogP contribution in [0.4, 0.5) is 0 Å². The van der Waals surface area contributed by atoms with Crippen LogP contribution in [-0.2, 0) is 4.74 Å². The molecule has 1 aromatic carbocycles. The highest BCUT2D eigenvalue weighted by Gasteiger charge is 2.15. The third kappa shape index (κ3) is 4.51. The lowest BCUT2D eigenvalue weighted by molar-refractivity contribution is 0.00742. The van der Waals surface area contributed by atoms with Gasteiger partial charge in [-0.15, -0.1) is 0 Å². The summed E-state index contributed by atoms with van der Waals surface area (Å²) in [6.07, 6.45) is 3.57. The van der Waals surface area contributed by atoms with Gasteiger partial charge in [0.15, 0.2) is 0 Å². The molecule has 2 unspecified atom stereocenters. The molecule has 1 fully saturated rings. The van der Waals surface area contributed by atoms with Crippen molar-refractivity contribution in [3.63, 3.8) is 0 Å². The predicted octanol–water partition coefficient (Wildman–Crippen LogP) is 3.31. The molecule has 1 aromatic rings. The van der Waals surface area contributed by atoms with Gasteiger partial charge in [-0.3, -0.25) is 0 Å². The topological polar surface area (TPSA) is 30.5 Å². The number of benzene rings is 1. The van der Waals surface area contributed by atoms with Gasteiger partial charge in [0.05, 0.1) is 6.61 Å². The minimum atomic E-state index is 0.218. The van der Waals surface area contributed by atoms with Gasteiger partial charge < -0.3 is 14.8 Å². The molecule has 1 aliphatic heterocycles. The first-order chi connectivity index (χ1) is 9.29. The maximum atomic E-state index is 5.93. The second-order valence-electron chi connectivity index (χ2n) is 5.20. The van der Waals surface area contributed by atoms with Crippen molar-refractivity contribution in [1.29, 1.82) is 0 Å². The third-order valence-corrected chi connectivity index (χ3v) is 3.50. The molecule has 1 saturated heterocycles. The van der Waals surface area contributed by atoms with Gasteiger partial charge >= 0.3 is 0 Å². The molecule has 19 heavy (non-hydrogen) atoms. The molecule has 0 radical (unpaired) electrons. The van der Waals surface area contributed by atoms with E-state index in [2.05, 4.69) is 43.4 Å². The van der Waals surface area contributed by atoms with Crippen molar-refractivity contribution in [3.05, 3.63) is 29.8 Å². The molecule has 2 atom stereocenters. The van der Waals surface area contributed by atoms with Crippen LogP contribution in [-0.4, -0.2) is 25.9 Å². The van der Waals surface area contributed by atoms with Crippen LogP contribution >= 0.6 is 0 Å². The Morgan fingerprint density at radius 2 is 2.16 bits per heavy atom. The van der Waals surface area contributed by atoms with Crippen molar-refractivity contribution in [3.8, 4) is 5.75 Å². The fourth-order valence-corrected chi connectivity index (χ4v) is 2.31. The highest BCUT2D eigenvalue weighted by atomic mass is 16.5. The van der Waals surface area contributed by atoms with E-state index < -0.39 is 0 Å². The van der Waals surface area contributed by atoms with Gasteiger partial charge in [-0.2, -0.15) is 0 Å². The van der Waals surface area contributed by atoms with E-state index in [1.165, 1.54) is 5.56 Å². The Balaban J connectivity index is 1.86. The summed E-state index contributed by atoms with van der Waals surface area (Å²) in [6.45, 7) is 7.03. The first-order valence-electron chi connectivity index (χ1n) is 7.37. The Morgan fingerprint density at radius 1 is 1.37 bits per heavy atom. The first-order valence-corrected chi connectivity index (χ1v) is 7.37. The Kier molecular flexibility index (Phi) is 5.67. The predicted molar refractivity (Wildman–Crippen MR) is 77.6 cm³/mol. The molecule has 3 nitrogen and oxygen atoms in total. The van der Waals surface area contributed by atoms with Gasteiger partial charge in [0.25, 0.3) is 0 Å². The van der Waals surface area contributed by atoms with E-state index >= 15 is 0 Å². The van der Waals surface area contributed by atoms with Crippen molar-refractivity contribution in [2.45, 2.75) is 45.3 Å². The summed E-state index contributed by atoms with van der Waals surface area (Å²) in [5, 5.41) is 3.49. The van der Waals surface area contributed by atoms with E-state index in [9.17, 15) is 0 Å². The van der Waals surface area contributed by atoms with Gasteiger partial charge in [-0.1, -0.05) is 19.1 Å². The molecule has 106 valence electrons. The van der Waals surface area contributed by atoms with Crippen LogP contribution in [0.5, 0.6) is 5.75 Å². The van der Waals surface area contributed by atoms with Crippen molar-refractivity contribution in [2.24, 2.45) is 0 Å². The number of nitrogens with one attached hydrogen (secondary N) is 1. The lowest BCUT2D eigenvalue weighted by atomic mass is 10.1. The van der Waals surface area contributed by atoms with E-state index in [0.29, 0.717) is 6.04 Å². The Hall–Kier alpha value is -1.06. The van der Waals surface area contributed by atoms with Crippen molar-refractivity contribution >= 4 is 0 Å². The average Bonchev–Trinajstić information content (AvgIpc) is 2.46. The molecule has 0 spiro atoms. The van der Waals surface area contributed by atoms with Crippen LogP contribution in [0.1, 0.15) is 44.7 Å². The highest BCUT2D eigenvalue weighted by molar-refractivity contribution is 5.29. The quantitative estimate of drug-likeness (QED) is 0.854. The lowest BCUT2D eigenvalue weighted by Crippen LogP contribution is -2.28. The zero-order valence-electron chi connectivity index (χ0n) is 12.0. The maximum Gasteiger partial charge on any atom is 0.122 e. The third-order valence-electron chi connectivity index (χ3n) is 3.50. The second-order valence-corrected chi connectivity index (χ2v) is 5.20. The summed E-state index contributed by atoms with van der Waals surface area (Å²) >= 11 is 0. The fraction of sp³-hybridized carbons (Fsp3) is 0.625. The smallest absolute Gasteiger partial charge is 0.122 e. The molecule has 2 rings (SSSR count). The minimum absolute atomic E-state index is 0.218. The molecular weight excluding hydrogens is 238 g/mol. The van der Waals surface area contributed by atoms with Gasteiger partial charge in [-0.25, -0.2) is 0 Å². The molecule has 0 aromatic heterocycles. The number of ether oxygens (including phenoxy) is 2. The molecule has 0 bridgehead atoms. The first kappa shape index (κ1) is 14.4.